The first-order valence-electron chi connectivity index (χ1n) is 6.96. The first-order valence-corrected chi connectivity index (χ1v) is 8.16. The molecular formula is C17H9ClF3NO2S. The summed E-state index contributed by atoms with van der Waals surface area (Å²) in [4.78, 5) is 25.7. The normalized spacial score (nSPS) is 16.8. The monoisotopic (exact) mass is 383 g/mol. The minimum atomic E-state index is -4.43. The molecule has 3 nitrogen and oxygen atoms in total. The smallest absolute Gasteiger partial charge is 0.268 e. The molecule has 25 heavy (non-hydrogen) atoms. The molecule has 1 saturated heterocycles. The Morgan fingerprint density at radius 3 is 2.12 bits per heavy atom. The topological polar surface area (TPSA) is 37.4 Å². The Morgan fingerprint density at radius 2 is 1.56 bits per heavy atom. The SMILES string of the molecule is O=C1S/C(=C/c2ccc(C(F)(F)F)cc2)C(=O)N1c1ccc(Cl)cc1. The van der Waals surface area contributed by atoms with Gasteiger partial charge in [-0.3, -0.25) is 9.59 Å². The zero-order valence-corrected chi connectivity index (χ0v) is 14.0. The summed E-state index contributed by atoms with van der Waals surface area (Å²) >= 11 is 6.52. The van der Waals surface area contributed by atoms with Crippen molar-refractivity contribution >= 4 is 46.3 Å². The highest BCUT2D eigenvalue weighted by atomic mass is 35.5. The molecule has 3 rings (SSSR count). The number of carbonyl (C=O) groups is 2. The zero-order chi connectivity index (χ0) is 18.2. The van der Waals surface area contributed by atoms with Crippen molar-refractivity contribution in [1.82, 2.24) is 0 Å². The molecule has 2 amide bonds. The second-order valence-electron chi connectivity index (χ2n) is 5.11. The van der Waals surface area contributed by atoms with Crippen LogP contribution < -0.4 is 4.90 Å². The largest absolute Gasteiger partial charge is 0.416 e. The fourth-order valence-corrected chi connectivity index (χ4v) is 3.17. The number of rotatable bonds is 2. The Bertz CT molecular complexity index is 861. The van der Waals surface area contributed by atoms with E-state index in [4.69, 9.17) is 11.6 Å². The van der Waals surface area contributed by atoms with Crippen molar-refractivity contribution in [3.8, 4) is 0 Å². The summed E-state index contributed by atoms with van der Waals surface area (Å²) in [7, 11) is 0. The minimum Gasteiger partial charge on any atom is -0.268 e. The first kappa shape index (κ1) is 17.6. The number of thioether (sulfide) groups is 1. The van der Waals surface area contributed by atoms with E-state index in [1.54, 1.807) is 24.3 Å². The second-order valence-corrected chi connectivity index (χ2v) is 6.54. The molecular weight excluding hydrogens is 375 g/mol. The summed E-state index contributed by atoms with van der Waals surface area (Å²) in [6.07, 6.45) is -3.04. The maximum atomic E-state index is 12.6. The van der Waals surface area contributed by atoms with Gasteiger partial charge >= 0.3 is 6.18 Å². The number of anilines is 1. The number of amides is 2. The summed E-state index contributed by atoms with van der Waals surface area (Å²) < 4.78 is 37.7. The van der Waals surface area contributed by atoms with Crippen molar-refractivity contribution in [2.45, 2.75) is 6.18 Å². The van der Waals surface area contributed by atoms with Crippen LogP contribution in [0.25, 0.3) is 6.08 Å². The van der Waals surface area contributed by atoms with Gasteiger partial charge in [0.25, 0.3) is 11.1 Å². The molecule has 0 bridgehead atoms. The molecule has 0 N–H and O–H groups in total. The van der Waals surface area contributed by atoms with E-state index in [9.17, 15) is 22.8 Å². The first-order chi connectivity index (χ1) is 11.8. The van der Waals surface area contributed by atoms with Gasteiger partial charge in [-0.15, -0.1) is 0 Å². The molecule has 128 valence electrons. The summed E-state index contributed by atoms with van der Waals surface area (Å²) in [5, 5.41) is -0.0125. The van der Waals surface area contributed by atoms with Gasteiger partial charge in [0.05, 0.1) is 16.2 Å². The molecule has 0 spiro atoms. The van der Waals surface area contributed by atoms with Gasteiger partial charge in [-0.1, -0.05) is 23.7 Å². The van der Waals surface area contributed by atoms with Gasteiger partial charge in [-0.2, -0.15) is 13.2 Å². The third-order valence-electron chi connectivity index (χ3n) is 3.41. The van der Waals surface area contributed by atoms with E-state index in [1.165, 1.54) is 18.2 Å². The van der Waals surface area contributed by atoms with Crippen LogP contribution in [0.2, 0.25) is 5.02 Å². The molecule has 0 unspecified atom stereocenters. The lowest BCUT2D eigenvalue weighted by Crippen LogP contribution is -2.27. The van der Waals surface area contributed by atoms with E-state index in [2.05, 4.69) is 0 Å². The van der Waals surface area contributed by atoms with Crippen LogP contribution in [0.5, 0.6) is 0 Å². The average molecular weight is 384 g/mol. The van der Waals surface area contributed by atoms with E-state index in [-0.39, 0.29) is 4.91 Å². The highest BCUT2D eigenvalue weighted by Crippen LogP contribution is 2.36. The lowest BCUT2D eigenvalue weighted by Gasteiger charge is -2.12. The van der Waals surface area contributed by atoms with Crippen LogP contribution >= 0.6 is 23.4 Å². The Hall–Kier alpha value is -2.25. The third kappa shape index (κ3) is 3.72. The molecule has 1 heterocycles. The van der Waals surface area contributed by atoms with E-state index < -0.39 is 22.9 Å². The van der Waals surface area contributed by atoms with Crippen LogP contribution in [-0.4, -0.2) is 11.1 Å². The summed E-state index contributed by atoms with van der Waals surface area (Å²) in [6, 6.07) is 10.5. The maximum Gasteiger partial charge on any atom is 0.416 e. The predicted molar refractivity (Wildman–Crippen MR) is 91.3 cm³/mol. The zero-order valence-electron chi connectivity index (χ0n) is 12.4. The molecule has 0 aliphatic carbocycles. The van der Waals surface area contributed by atoms with Crippen molar-refractivity contribution in [2.24, 2.45) is 0 Å². The summed E-state index contributed by atoms with van der Waals surface area (Å²) in [5.74, 6) is -0.530. The van der Waals surface area contributed by atoms with Gasteiger partial charge in [-0.25, -0.2) is 4.90 Å². The van der Waals surface area contributed by atoms with Crippen LogP contribution in [-0.2, 0) is 11.0 Å². The molecule has 0 atom stereocenters. The van der Waals surface area contributed by atoms with E-state index >= 15 is 0 Å². The maximum absolute atomic E-state index is 12.6. The van der Waals surface area contributed by atoms with Crippen molar-refractivity contribution in [3.05, 3.63) is 69.6 Å². The van der Waals surface area contributed by atoms with Crippen molar-refractivity contribution in [2.75, 3.05) is 4.90 Å². The molecule has 2 aromatic rings. The van der Waals surface area contributed by atoms with E-state index in [0.29, 0.717) is 16.3 Å². The molecule has 1 aliphatic rings. The van der Waals surface area contributed by atoms with Crippen LogP contribution in [0.1, 0.15) is 11.1 Å². The number of imide groups is 1. The highest BCUT2D eigenvalue weighted by molar-refractivity contribution is 8.19. The van der Waals surface area contributed by atoms with Gasteiger partial charge < -0.3 is 0 Å². The minimum absolute atomic E-state index is 0.139. The Balaban J connectivity index is 1.86. The lowest BCUT2D eigenvalue weighted by molar-refractivity contribution is -0.137. The number of carbonyl (C=O) groups excluding carboxylic acids is 2. The number of halogens is 4. The van der Waals surface area contributed by atoms with Gasteiger partial charge in [0.15, 0.2) is 0 Å². The Morgan fingerprint density at radius 1 is 0.960 bits per heavy atom. The average Bonchev–Trinajstić information content (AvgIpc) is 2.82. The summed E-state index contributed by atoms with van der Waals surface area (Å²) in [6.45, 7) is 0. The number of benzene rings is 2. The van der Waals surface area contributed by atoms with Crippen LogP contribution in [0.4, 0.5) is 23.7 Å². The van der Waals surface area contributed by atoms with Gasteiger partial charge in [0, 0.05) is 5.02 Å². The molecule has 8 heteroatoms. The number of hydrogen-bond acceptors (Lipinski definition) is 3. The Labute approximate surface area is 150 Å². The highest BCUT2D eigenvalue weighted by Gasteiger charge is 2.36. The fraction of sp³-hybridized carbons (Fsp3) is 0.0588. The predicted octanol–water partition coefficient (Wildman–Crippen LogP) is 5.60. The number of alkyl halides is 3. The van der Waals surface area contributed by atoms with Gasteiger partial charge in [0.2, 0.25) is 0 Å². The fourth-order valence-electron chi connectivity index (χ4n) is 2.20. The van der Waals surface area contributed by atoms with Crippen LogP contribution in [0, 0.1) is 0 Å². The Kier molecular flexibility index (Phi) is 4.62. The standard InChI is InChI=1S/C17H9ClF3NO2S/c18-12-5-7-13(8-6-12)22-15(23)14(25-16(22)24)9-10-1-3-11(4-2-10)17(19,20)21/h1-9H/b14-9+. The van der Waals surface area contributed by atoms with Crippen LogP contribution in [0.3, 0.4) is 0 Å². The summed E-state index contributed by atoms with van der Waals surface area (Å²) in [5.41, 5.74) is -0.00348. The number of hydrogen-bond donors (Lipinski definition) is 0. The molecule has 0 radical (unpaired) electrons. The molecule has 2 aromatic carbocycles. The second kappa shape index (κ2) is 6.57. The van der Waals surface area contributed by atoms with Crippen LogP contribution in [0.15, 0.2) is 53.4 Å². The molecule has 1 aliphatic heterocycles. The van der Waals surface area contributed by atoms with Crippen molar-refractivity contribution in [1.29, 1.82) is 0 Å². The number of nitrogens with zero attached hydrogens (tertiary/aromatic N) is 1. The van der Waals surface area contributed by atoms with E-state index in [0.717, 1.165) is 28.8 Å². The van der Waals surface area contributed by atoms with Crippen molar-refractivity contribution in [3.63, 3.8) is 0 Å². The van der Waals surface area contributed by atoms with Gasteiger partial charge in [-0.05, 0) is 59.8 Å². The van der Waals surface area contributed by atoms with Crippen molar-refractivity contribution < 1.29 is 22.8 Å². The quantitative estimate of drug-likeness (QED) is 0.633. The third-order valence-corrected chi connectivity index (χ3v) is 4.54. The molecule has 1 fully saturated rings. The molecule has 0 saturated carbocycles. The van der Waals surface area contributed by atoms with Gasteiger partial charge in [0.1, 0.15) is 0 Å². The molecule has 0 aromatic heterocycles. The van der Waals surface area contributed by atoms with E-state index in [1.807, 2.05) is 0 Å². The lowest BCUT2D eigenvalue weighted by atomic mass is 10.1.